The van der Waals surface area contributed by atoms with Gasteiger partial charge in [-0.05, 0) is 0 Å². The van der Waals surface area contributed by atoms with Crippen LogP contribution in [0.5, 0.6) is 0 Å². The highest BCUT2D eigenvalue weighted by Gasteiger charge is 2.46. The zero-order valence-electron chi connectivity index (χ0n) is 6.99. The van der Waals surface area contributed by atoms with Crippen LogP contribution in [0.25, 0.3) is 0 Å². The number of hydrogen-bond acceptors (Lipinski definition) is 4. The van der Waals surface area contributed by atoms with E-state index in [9.17, 15) is 9.59 Å². The van der Waals surface area contributed by atoms with E-state index in [1.54, 1.807) is 13.8 Å². The van der Waals surface area contributed by atoms with Crippen LogP contribution in [0.4, 0.5) is 4.79 Å². The van der Waals surface area contributed by atoms with Crippen molar-refractivity contribution in [2.45, 2.75) is 20.0 Å². The maximum absolute atomic E-state index is 11.0. The Balaban J connectivity index is 2.71. The first-order chi connectivity index (χ1) is 5.43. The minimum atomic E-state index is -0.952. The monoisotopic (exact) mass is 173 g/mol. The van der Waals surface area contributed by atoms with Crippen LogP contribution in [0, 0.1) is 5.41 Å². The predicted molar refractivity (Wildman–Crippen MR) is 39.2 cm³/mol. The first kappa shape index (κ1) is 8.83. The third kappa shape index (κ3) is 1.49. The Kier molecular flexibility index (Phi) is 1.95. The number of rotatable bonds is 1. The highest BCUT2D eigenvalue weighted by molar-refractivity contribution is 5.80. The van der Waals surface area contributed by atoms with E-state index in [1.807, 2.05) is 0 Å². The van der Waals surface area contributed by atoms with Gasteiger partial charge in [-0.25, -0.2) is 9.59 Å². The van der Waals surface area contributed by atoms with E-state index in [4.69, 9.17) is 10.5 Å². The van der Waals surface area contributed by atoms with Gasteiger partial charge in [-0.2, -0.15) is 0 Å². The average molecular weight is 173 g/mol. The number of hydrogen-bond donors (Lipinski definition) is 1. The minimum absolute atomic E-state index is 0.254. The van der Waals surface area contributed by atoms with Gasteiger partial charge in [0.25, 0.3) is 0 Å². The van der Waals surface area contributed by atoms with Crippen LogP contribution < -0.4 is 5.73 Å². The zero-order valence-corrected chi connectivity index (χ0v) is 6.99. The zero-order chi connectivity index (χ0) is 9.35. The van der Waals surface area contributed by atoms with Crippen molar-refractivity contribution in [2.75, 3.05) is 6.61 Å². The van der Waals surface area contributed by atoms with E-state index in [1.165, 1.54) is 0 Å². The van der Waals surface area contributed by atoms with E-state index >= 15 is 0 Å². The van der Waals surface area contributed by atoms with Crippen molar-refractivity contribution >= 4 is 12.1 Å². The topological polar surface area (TPSA) is 78.6 Å². The summed E-state index contributed by atoms with van der Waals surface area (Å²) in [5, 5.41) is 0. The molecule has 1 amide bonds. The van der Waals surface area contributed by atoms with Gasteiger partial charge in [0.1, 0.15) is 6.61 Å². The van der Waals surface area contributed by atoms with E-state index < -0.39 is 23.6 Å². The number of nitrogens with two attached hydrogens (primary N) is 1. The van der Waals surface area contributed by atoms with Crippen molar-refractivity contribution < 1.29 is 19.1 Å². The second kappa shape index (κ2) is 2.66. The Morgan fingerprint density at radius 1 is 1.75 bits per heavy atom. The van der Waals surface area contributed by atoms with Crippen molar-refractivity contribution in [2.24, 2.45) is 11.1 Å². The Hall–Kier alpha value is -1.26. The summed E-state index contributed by atoms with van der Waals surface area (Å²) in [7, 11) is 0. The lowest BCUT2D eigenvalue weighted by Crippen LogP contribution is -2.36. The first-order valence-electron chi connectivity index (χ1n) is 3.56. The average Bonchev–Trinajstić information content (AvgIpc) is 2.15. The van der Waals surface area contributed by atoms with Gasteiger partial charge >= 0.3 is 12.1 Å². The molecular weight excluding hydrogens is 162 g/mol. The second-order valence-corrected chi connectivity index (χ2v) is 3.41. The van der Waals surface area contributed by atoms with E-state index in [0.29, 0.717) is 0 Å². The lowest BCUT2D eigenvalue weighted by Gasteiger charge is -2.20. The van der Waals surface area contributed by atoms with Gasteiger partial charge in [0.15, 0.2) is 0 Å². The van der Waals surface area contributed by atoms with E-state index in [0.717, 1.165) is 0 Å². The lowest BCUT2D eigenvalue weighted by atomic mass is 9.90. The molecule has 1 heterocycles. The molecule has 1 aliphatic heterocycles. The van der Waals surface area contributed by atoms with Gasteiger partial charge in [0.2, 0.25) is 6.10 Å². The fourth-order valence-corrected chi connectivity index (χ4v) is 1.05. The molecule has 5 heteroatoms. The summed E-state index contributed by atoms with van der Waals surface area (Å²) in [5.74, 6) is -0.529. The van der Waals surface area contributed by atoms with Gasteiger partial charge in [-0.1, -0.05) is 13.8 Å². The molecule has 0 saturated carbocycles. The van der Waals surface area contributed by atoms with E-state index in [2.05, 4.69) is 4.74 Å². The third-order valence-electron chi connectivity index (χ3n) is 1.74. The quantitative estimate of drug-likeness (QED) is 0.567. The van der Waals surface area contributed by atoms with Crippen LogP contribution in [0.1, 0.15) is 13.8 Å². The molecule has 0 radical (unpaired) electrons. The summed E-state index contributed by atoms with van der Waals surface area (Å²) in [5.41, 5.74) is 4.31. The first-order valence-corrected chi connectivity index (χ1v) is 3.56. The van der Waals surface area contributed by atoms with Crippen LogP contribution in [0.3, 0.4) is 0 Å². The van der Waals surface area contributed by atoms with E-state index in [-0.39, 0.29) is 6.61 Å². The van der Waals surface area contributed by atoms with Crippen molar-refractivity contribution in [3.8, 4) is 0 Å². The maximum Gasteiger partial charge on any atom is 0.405 e. The number of primary amides is 1. The Labute approximate surface area is 69.8 Å². The molecule has 1 fully saturated rings. The summed E-state index contributed by atoms with van der Waals surface area (Å²) in [6.45, 7) is 3.79. The summed E-state index contributed by atoms with van der Waals surface area (Å²) in [6.07, 6.45) is -1.82. The molecule has 68 valence electrons. The molecule has 1 rings (SSSR count). The minimum Gasteiger partial charge on any atom is -0.462 e. The molecule has 0 aromatic carbocycles. The molecule has 12 heavy (non-hydrogen) atoms. The number of carbonyl (C=O) groups excluding carboxylic acids is 2. The van der Waals surface area contributed by atoms with Crippen molar-refractivity contribution in [3.63, 3.8) is 0 Å². The van der Waals surface area contributed by atoms with Crippen LogP contribution in [-0.2, 0) is 14.3 Å². The fraction of sp³-hybridized carbons (Fsp3) is 0.714. The largest absolute Gasteiger partial charge is 0.462 e. The molecule has 2 N–H and O–H groups in total. The highest BCUT2D eigenvalue weighted by atomic mass is 16.6. The number of esters is 1. The third-order valence-corrected chi connectivity index (χ3v) is 1.74. The molecule has 0 aromatic rings. The molecule has 0 aliphatic carbocycles. The Morgan fingerprint density at radius 2 is 2.33 bits per heavy atom. The molecule has 1 saturated heterocycles. The van der Waals surface area contributed by atoms with Crippen LogP contribution in [0.2, 0.25) is 0 Å². The van der Waals surface area contributed by atoms with Gasteiger partial charge in [-0.15, -0.1) is 0 Å². The summed E-state index contributed by atoms with van der Waals surface area (Å²) in [4.78, 5) is 21.4. The van der Waals surface area contributed by atoms with Gasteiger partial charge in [0.05, 0.1) is 0 Å². The van der Waals surface area contributed by atoms with Crippen LogP contribution >= 0.6 is 0 Å². The van der Waals surface area contributed by atoms with Gasteiger partial charge < -0.3 is 15.2 Å². The molecule has 0 bridgehead atoms. The van der Waals surface area contributed by atoms with Gasteiger partial charge in [0, 0.05) is 5.41 Å². The molecule has 0 spiro atoms. The summed E-state index contributed by atoms with van der Waals surface area (Å²) in [6, 6.07) is 0. The predicted octanol–water partition coefficient (Wildman–Crippen LogP) is 0.0333. The molecule has 0 aromatic heterocycles. The number of carbonyl (C=O) groups is 2. The van der Waals surface area contributed by atoms with Crippen molar-refractivity contribution in [3.05, 3.63) is 0 Å². The Morgan fingerprint density at radius 3 is 2.67 bits per heavy atom. The second-order valence-electron chi connectivity index (χ2n) is 3.41. The molecule has 1 aliphatic rings. The smallest absolute Gasteiger partial charge is 0.405 e. The van der Waals surface area contributed by atoms with Crippen LogP contribution in [0.15, 0.2) is 0 Å². The SMILES string of the molecule is CC1(C)COC(=O)[C@H]1OC(N)=O. The Bertz CT molecular complexity index is 223. The lowest BCUT2D eigenvalue weighted by molar-refractivity contribution is -0.145. The standard InChI is InChI=1S/C7H11NO4/c1-7(2)3-11-5(9)4(7)12-6(8)10/h4H,3H2,1-2H3,(H2,8,10)/t4-/m1/s1. The fourth-order valence-electron chi connectivity index (χ4n) is 1.05. The summed E-state index contributed by atoms with van der Waals surface area (Å²) >= 11 is 0. The molecular formula is C7H11NO4. The van der Waals surface area contributed by atoms with Crippen LogP contribution in [-0.4, -0.2) is 24.8 Å². The van der Waals surface area contributed by atoms with Crippen molar-refractivity contribution in [1.82, 2.24) is 0 Å². The number of ether oxygens (including phenoxy) is 2. The maximum atomic E-state index is 11.0. The molecule has 1 atom stereocenters. The van der Waals surface area contributed by atoms with Crippen molar-refractivity contribution in [1.29, 1.82) is 0 Å². The van der Waals surface area contributed by atoms with Gasteiger partial charge in [-0.3, -0.25) is 0 Å². The highest BCUT2D eigenvalue weighted by Crippen LogP contribution is 2.30. The number of amides is 1. The molecule has 5 nitrogen and oxygen atoms in total. The molecule has 0 unspecified atom stereocenters. The number of cyclic esters (lactones) is 1. The normalized spacial score (nSPS) is 26.5. The summed E-state index contributed by atoms with van der Waals surface area (Å²) < 4.78 is 9.31.